The monoisotopic (exact) mass is 355 g/mol. The summed E-state index contributed by atoms with van der Waals surface area (Å²) in [5, 5.41) is 3.00. The average Bonchev–Trinajstić information content (AvgIpc) is 2.41. The van der Waals surface area contributed by atoms with Gasteiger partial charge in [-0.25, -0.2) is 4.98 Å². The van der Waals surface area contributed by atoms with Crippen molar-refractivity contribution in [3.8, 4) is 11.6 Å². The number of halogens is 1. The fourth-order valence-corrected chi connectivity index (χ4v) is 1.79. The molecule has 0 fully saturated rings. The van der Waals surface area contributed by atoms with Gasteiger partial charge in [-0.15, -0.1) is 0 Å². The standard InChI is InChI=1S/C13H14IN3O/c1-3-11-16-12(15-2)8-13(17-11)18-10-6-4-9(14)5-7-10/h4-8H,3H2,1-2H3,(H,15,16,17). The number of hydrogen-bond acceptors (Lipinski definition) is 4. The third kappa shape index (κ3) is 3.32. The molecule has 0 aliphatic carbocycles. The lowest BCUT2D eigenvalue weighted by molar-refractivity contribution is 0.459. The van der Waals surface area contributed by atoms with Crippen molar-refractivity contribution in [3.05, 3.63) is 39.7 Å². The Morgan fingerprint density at radius 3 is 2.56 bits per heavy atom. The van der Waals surface area contributed by atoms with Gasteiger partial charge in [0.1, 0.15) is 17.4 Å². The summed E-state index contributed by atoms with van der Waals surface area (Å²) in [5.41, 5.74) is 0. The normalized spacial score (nSPS) is 10.2. The molecule has 5 heteroatoms. The molecule has 0 spiro atoms. The van der Waals surface area contributed by atoms with Gasteiger partial charge in [0.15, 0.2) is 0 Å². The first-order valence-electron chi connectivity index (χ1n) is 5.70. The minimum absolute atomic E-state index is 0.562. The van der Waals surface area contributed by atoms with Gasteiger partial charge in [-0.05, 0) is 46.9 Å². The molecule has 4 nitrogen and oxygen atoms in total. The van der Waals surface area contributed by atoms with Crippen LogP contribution < -0.4 is 10.1 Å². The van der Waals surface area contributed by atoms with Gasteiger partial charge in [-0.2, -0.15) is 4.98 Å². The Kier molecular flexibility index (Phi) is 4.35. The minimum Gasteiger partial charge on any atom is -0.439 e. The Labute approximate surface area is 120 Å². The van der Waals surface area contributed by atoms with Crippen molar-refractivity contribution in [2.75, 3.05) is 12.4 Å². The third-order valence-corrected chi connectivity index (χ3v) is 3.08. The van der Waals surface area contributed by atoms with Crippen LogP contribution in [-0.2, 0) is 6.42 Å². The molecule has 2 rings (SSSR count). The first kappa shape index (κ1) is 13.1. The molecular formula is C13H14IN3O. The average molecular weight is 355 g/mol. The number of nitrogens with one attached hydrogen (secondary N) is 1. The van der Waals surface area contributed by atoms with Gasteiger partial charge in [0.25, 0.3) is 0 Å². The van der Waals surface area contributed by atoms with Crippen LogP contribution in [0.15, 0.2) is 30.3 Å². The van der Waals surface area contributed by atoms with E-state index in [2.05, 4.69) is 37.9 Å². The lowest BCUT2D eigenvalue weighted by Crippen LogP contribution is -2.01. The summed E-state index contributed by atoms with van der Waals surface area (Å²) in [4.78, 5) is 8.67. The fourth-order valence-electron chi connectivity index (χ4n) is 1.43. The molecule has 0 radical (unpaired) electrons. The largest absolute Gasteiger partial charge is 0.439 e. The van der Waals surface area contributed by atoms with E-state index in [9.17, 15) is 0 Å². The minimum atomic E-state index is 0.562. The summed E-state index contributed by atoms with van der Waals surface area (Å²) in [6.45, 7) is 2.02. The number of nitrogens with zero attached hydrogens (tertiary/aromatic N) is 2. The Morgan fingerprint density at radius 1 is 1.22 bits per heavy atom. The number of ether oxygens (including phenoxy) is 1. The van der Waals surface area contributed by atoms with Gasteiger partial charge < -0.3 is 10.1 Å². The second-order valence-electron chi connectivity index (χ2n) is 3.67. The van der Waals surface area contributed by atoms with Crippen LogP contribution in [0.2, 0.25) is 0 Å². The molecule has 0 bridgehead atoms. The zero-order valence-corrected chi connectivity index (χ0v) is 12.4. The third-order valence-electron chi connectivity index (χ3n) is 2.36. The molecule has 2 aromatic rings. The maximum Gasteiger partial charge on any atom is 0.224 e. The Balaban J connectivity index is 2.25. The number of aromatic nitrogens is 2. The molecular weight excluding hydrogens is 341 g/mol. The van der Waals surface area contributed by atoms with E-state index in [0.717, 1.165) is 23.8 Å². The molecule has 0 aliphatic rings. The van der Waals surface area contributed by atoms with Crippen molar-refractivity contribution < 1.29 is 4.74 Å². The lowest BCUT2D eigenvalue weighted by atomic mass is 10.3. The van der Waals surface area contributed by atoms with Crippen LogP contribution >= 0.6 is 22.6 Å². The van der Waals surface area contributed by atoms with Gasteiger partial charge in [-0.1, -0.05) is 6.92 Å². The Bertz CT molecular complexity index is 506. The Morgan fingerprint density at radius 2 is 1.94 bits per heavy atom. The van der Waals surface area contributed by atoms with E-state index in [0.29, 0.717) is 5.88 Å². The molecule has 1 N–H and O–H groups in total. The first-order valence-corrected chi connectivity index (χ1v) is 6.78. The molecule has 94 valence electrons. The zero-order valence-electron chi connectivity index (χ0n) is 10.3. The van der Waals surface area contributed by atoms with Crippen molar-refractivity contribution in [2.45, 2.75) is 13.3 Å². The summed E-state index contributed by atoms with van der Waals surface area (Å²) in [6, 6.07) is 9.63. The number of aryl methyl sites for hydroxylation is 1. The highest BCUT2D eigenvalue weighted by atomic mass is 127. The van der Waals surface area contributed by atoms with Crippen LogP contribution in [0.1, 0.15) is 12.7 Å². The zero-order chi connectivity index (χ0) is 13.0. The molecule has 0 unspecified atom stereocenters. The summed E-state index contributed by atoms with van der Waals surface area (Å²) in [7, 11) is 1.83. The highest BCUT2D eigenvalue weighted by Gasteiger charge is 2.04. The highest BCUT2D eigenvalue weighted by Crippen LogP contribution is 2.22. The molecule has 1 aromatic carbocycles. The molecule has 18 heavy (non-hydrogen) atoms. The van der Waals surface area contributed by atoms with Crippen molar-refractivity contribution >= 4 is 28.4 Å². The van der Waals surface area contributed by atoms with Crippen LogP contribution in [0, 0.1) is 3.57 Å². The van der Waals surface area contributed by atoms with Crippen molar-refractivity contribution in [3.63, 3.8) is 0 Å². The maximum atomic E-state index is 5.72. The number of anilines is 1. The molecule has 0 amide bonds. The van der Waals surface area contributed by atoms with Gasteiger partial charge in [0.05, 0.1) is 0 Å². The molecule has 0 saturated carbocycles. The summed E-state index contributed by atoms with van der Waals surface area (Å²) < 4.78 is 6.90. The van der Waals surface area contributed by atoms with Gasteiger partial charge in [-0.3, -0.25) is 0 Å². The number of hydrogen-bond donors (Lipinski definition) is 1. The van der Waals surface area contributed by atoms with Crippen molar-refractivity contribution in [1.29, 1.82) is 0 Å². The molecule has 0 saturated heterocycles. The molecule has 0 atom stereocenters. The number of rotatable bonds is 4. The second-order valence-corrected chi connectivity index (χ2v) is 4.91. The fraction of sp³-hybridized carbons (Fsp3) is 0.231. The quantitative estimate of drug-likeness (QED) is 0.854. The van der Waals surface area contributed by atoms with Crippen LogP contribution in [0.4, 0.5) is 5.82 Å². The Hall–Kier alpha value is -1.37. The highest BCUT2D eigenvalue weighted by molar-refractivity contribution is 14.1. The van der Waals surface area contributed by atoms with E-state index < -0.39 is 0 Å². The van der Waals surface area contributed by atoms with Gasteiger partial charge >= 0.3 is 0 Å². The van der Waals surface area contributed by atoms with E-state index in [1.807, 2.05) is 38.2 Å². The second kappa shape index (κ2) is 5.99. The SMILES string of the molecule is CCc1nc(NC)cc(Oc2ccc(I)cc2)n1. The topological polar surface area (TPSA) is 47.0 Å². The number of benzene rings is 1. The predicted molar refractivity (Wildman–Crippen MR) is 80.2 cm³/mol. The summed E-state index contributed by atoms with van der Waals surface area (Å²) >= 11 is 2.26. The van der Waals surface area contributed by atoms with E-state index in [1.165, 1.54) is 3.57 Å². The van der Waals surface area contributed by atoms with E-state index in [4.69, 9.17) is 4.74 Å². The van der Waals surface area contributed by atoms with Crippen molar-refractivity contribution in [2.24, 2.45) is 0 Å². The van der Waals surface area contributed by atoms with Crippen molar-refractivity contribution in [1.82, 2.24) is 9.97 Å². The van der Waals surface area contributed by atoms with E-state index in [1.54, 1.807) is 6.07 Å². The summed E-state index contributed by atoms with van der Waals surface area (Å²) in [5.74, 6) is 2.87. The lowest BCUT2D eigenvalue weighted by Gasteiger charge is -2.08. The first-order chi connectivity index (χ1) is 8.71. The van der Waals surface area contributed by atoms with Crippen LogP contribution in [0.5, 0.6) is 11.6 Å². The molecule has 0 aliphatic heterocycles. The maximum absolute atomic E-state index is 5.72. The van der Waals surface area contributed by atoms with Crippen LogP contribution in [0.3, 0.4) is 0 Å². The van der Waals surface area contributed by atoms with Gasteiger partial charge in [0, 0.05) is 23.1 Å². The van der Waals surface area contributed by atoms with Crippen LogP contribution in [0.25, 0.3) is 0 Å². The van der Waals surface area contributed by atoms with E-state index in [-0.39, 0.29) is 0 Å². The molecule has 1 aromatic heterocycles. The smallest absolute Gasteiger partial charge is 0.224 e. The van der Waals surface area contributed by atoms with Gasteiger partial charge in [0.2, 0.25) is 5.88 Å². The predicted octanol–water partition coefficient (Wildman–Crippen LogP) is 3.48. The van der Waals surface area contributed by atoms with E-state index >= 15 is 0 Å². The van der Waals surface area contributed by atoms with Crippen LogP contribution in [-0.4, -0.2) is 17.0 Å². The summed E-state index contributed by atoms with van der Waals surface area (Å²) in [6.07, 6.45) is 0.776. The molecule has 1 heterocycles.